The van der Waals surface area contributed by atoms with Crippen LogP contribution >= 0.6 is 11.5 Å². The summed E-state index contributed by atoms with van der Waals surface area (Å²) < 4.78 is 15.1. The normalized spacial score (nSPS) is 24.6. The van der Waals surface area contributed by atoms with Gasteiger partial charge in [0.1, 0.15) is 23.0 Å². The van der Waals surface area contributed by atoms with E-state index in [4.69, 9.17) is 9.47 Å². The van der Waals surface area contributed by atoms with Crippen molar-refractivity contribution in [3.8, 4) is 11.5 Å². The summed E-state index contributed by atoms with van der Waals surface area (Å²) in [6, 6.07) is 8.00. The second-order valence-electron chi connectivity index (χ2n) is 6.68. The fraction of sp³-hybridized carbons (Fsp3) is 0.500. The molecule has 25 heavy (non-hydrogen) atoms. The quantitative estimate of drug-likeness (QED) is 0.821. The first kappa shape index (κ1) is 16.3. The maximum absolute atomic E-state index is 13.0. The number of fused-ring (bicyclic) bond motifs is 2. The summed E-state index contributed by atoms with van der Waals surface area (Å²) in [5.74, 6) is 2.18. The van der Waals surface area contributed by atoms with E-state index >= 15 is 0 Å². The number of hydrogen-bond acceptors (Lipinski definition) is 6. The lowest BCUT2D eigenvalue weighted by molar-refractivity contribution is 0.0509. The first-order chi connectivity index (χ1) is 12.2. The molecule has 3 atom stereocenters. The van der Waals surface area contributed by atoms with Gasteiger partial charge in [-0.2, -0.15) is 0 Å². The van der Waals surface area contributed by atoms with Crippen LogP contribution in [0.1, 0.15) is 34.6 Å². The first-order valence-electron chi connectivity index (χ1n) is 8.56. The van der Waals surface area contributed by atoms with Crippen molar-refractivity contribution in [1.29, 1.82) is 0 Å². The number of piperidine rings is 1. The summed E-state index contributed by atoms with van der Waals surface area (Å²) in [5.41, 5.74) is 0.715. The standard InChI is InChI=1S/C18H21N3O3S/c1-11-17(25-20-19-11)18(22)21-13-4-3-12(9-13)16(21)10-24-15-7-5-14(23-2)6-8-15/h5-8,12-13,16H,3-4,9-10H2,1-2H3/t12?,13?,16-/m1/s1. The molecule has 0 N–H and O–H groups in total. The zero-order chi connectivity index (χ0) is 17.4. The first-order valence-corrected chi connectivity index (χ1v) is 9.33. The van der Waals surface area contributed by atoms with E-state index in [1.165, 1.54) is 18.0 Å². The maximum atomic E-state index is 13.0. The number of rotatable bonds is 5. The number of nitrogens with zero attached hydrogens (tertiary/aromatic N) is 3. The van der Waals surface area contributed by atoms with Crippen LogP contribution in [0.3, 0.4) is 0 Å². The van der Waals surface area contributed by atoms with Gasteiger partial charge in [0, 0.05) is 6.04 Å². The van der Waals surface area contributed by atoms with Crippen molar-refractivity contribution in [2.75, 3.05) is 13.7 Å². The number of amides is 1. The molecule has 2 bridgehead atoms. The number of ether oxygens (including phenoxy) is 2. The van der Waals surface area contributed by atoms with Crippen LogP contribution in [0.4, 0.5) is 0 Å². The average molecular weight is 359 g/mol. The van der Waals surface area contributed by atoms with Crippen molar-refractivity contribution in [3.05, 3.63) is 34.8 Å². The molecule has 1 aliphatic carbocycles. The molecule has 1 saturated heterocycles. The van der Waals surface area contributed by atoms with Crippen LogP contribution in [0.25, 0.3) is 0 Å². The molecule has 1 aromatic heterocycles. The van der Waals surface area contributed by atoms with Crippen molar-refractivity contribution < 1.29 is 14.3 Å². The number of aromatic nitrogens is 2. The number of benzene rings is 1. The lowest BCUT2D eigenvalue weighted by atomic mass is 9.99. The van der Waals surface area contributed by atoms with Gasteiger partial charge >= 0.3 is 0 Å². The fourth-order valence-electron chi connectivity index (χ4n) is 4.02. The number of carbonyl (C=O) groups is 1. The van der Waals surface area contributed by atoms with Gasteiger partial charge in [0.25, 0.3) is 5.91 Å². The van der Waals surface area contributed by atoms with Crippen LogP contribution in [0.15, 0.2) is 24.3 Å². The summed E-state index contributed by atoms with van der Waals surface area (Å²) in [6.45, 7) is 2.36. The Hall–Kier alpha value is -2.15. The number of methoxy groups -OCH3 is 1. The Morgan fingerprint density at radius 3 is 2.72 bits per heavy atom. The molecule has 0 radical (unpaired) electrons. The smallest absolute Gasteiger partial charge is 0.268 e. The van der Waals surface area contributed by atoms with Gasteiger partial charge in [-0.25, -0.2) is 0 Å². The van der Waals surface area contributed by atoms with E-state index in [1.807, 2.05) is 36.1 Å². The monoisotopic (exact) mass is 359 g/mol. The van der Waals surface area contributed by atoms with Crippen LogP contribution < -0.4 is 9.47 Å². The van der Waals surface area contributed by atoms with Gasteiger partial charge in [-0.1, -0.05) is 4.49 Å². The third-order valence-electron chi connectivity index (χ3n) is 5.30. The summed E-state index contributed by atoms with van der Waals surface area (Å²) >= 11 is 1.19. The van der Waals surface area contributed by atoms with Crippen molar-refractivity contribution in [1.82, 2.24) is 14.5 Å². The van der Waals surface area contributed by atoms with Crippen molar-refractivity contribution in [2.45, 2.75) is 38.3 Å². The van der Waals surface area contributed by atoms with Gasteiger partial charge in [-0.15, -0.1) is 5.10 Å². The highest BCUT2D eigenvalue weighted by Crippen LogP contribution is 2.43. The molecule has 4 rings (SSSR count). The van der Waals surface area contributed by atoms with Crippen molar-refractivity contribution in [3.63, 3.8) is 0 Å². The van der Waals surface area contributed by atoms with E-state index in [1.54, 1.807) is 7.11 Å². The highest BCUT2D eigenvalue weighted by Gasteiger charge is 2.49. The van der Waals surface area contributed by atoms with E-state index < -0.39 is 0 Å². The molecule has 2 heterocycles. The minimum absolute atomic E-state index is 0.0584. The zero-order valence-corrected chi connectivity index (χ0v) is 15.2. The van der Waals surface area contributed by atoms with Gasteiger partial charge in [-0.05, 0) is 67.9 Å². The summed E-state index contributed by atoms with van der Waals surface area (Å²) in [4.78, 5) is 15.7. The van der Waals surface area contributed by atoms with Gasteiger partial charge in [0.15, 0.2) is 0 Å². The molecule has 1 amide bonds. The molecule has 1 saturated carbocycles. The fourth-order valence-corrected chi connectivity index (χ4v) is 4.62. The lowest BCUT2D eigenvalue weighted by Gasteiger charge is -2.35. The Labute approximate surface area is 150 Å². The molecule has 2 unspecified atom stereocenters. The Morgan fingerprint density at radius 1 is 1.28 bits per heavy atom. The molecule has 132 valence electrons. The van der Waals surface area contributed by atoms with Crippen LogP contribution in [0.5, 0.6) is 11.5 Å². The van der Waals surface area contributed by atoms with E-state index in [9.17, 15) is 4.79 Å². The third kappa shape index (κ3) is 2.97. The average Bonchev–Trinajstić information content (AvgIpc) is 3.35. The van der Waals surface area contributed by atoms with Gasteiger partial charge < -0.3 is 14.4 Å². The Balaban J connectivity index is 1.49. The highest BCUT2D eigenvalue weighted by molar-refractivity contribution is 7.07. The molecule has 1 aliphatic heterocycles. The number of hydrogen-bond donors (Lipinski definition) is 0. The van der Waals surface area contributed by atoms with Gasteiger partial charge in [0.2, 0.25) is 0 Å². The lowest BCUT2D eigenvalue weighted by Crippen LogP contribution is -2.47. The molecular formula is C18H21N3O3S. The molecular weight excluding hydrogens is 338 g/mol. The van der Waals surface area contributed by atoms with Crippen molar-refractivity contribution >= 4 is 17.4 Å². The molecule has 2 fully saturated rings. The van der Waals surface area contributed by atoms with E-state index in [0.29, 0.717) is 29.1 Å². The molecule has 2 aromatic rings. The summed E-state index contributed by atoms with van der Waals surface area (Å²) in [7, 11) is 1.64. The molecule has 1 aromatic carbocycles. The Morgan fingerprint density at radius 2 is 2.04 bits per heavy atom. The molecule has 6 nitrogen and oxygen atoms in total. The van der Waals surface area contributed by atoms with Crippen LogP contribution in [-0.4, -0.2) is 46.2 Å². The van der Waals surface area contributed by atoms with Crippen LogP contribution in [0, 0.1) is 12.8 Å². The zero-order valence-electron chi connectivity index (χ0n) is 14.3. The van der Waals surface area contributed by atoms with Crippen molar-refractivity contribution in [2.24, 2.45) is 5.92 Å². The predicted octanol–water partition coefficient (Wildman–Crippen LogP) is 2.93. The Bertz CT molecular complexity index is 761. The highest BCUT2D eigenvalue weighted by atomic mass is 32.1. The van der Waals surface area contributed by atoms with E-state index in [2.05, 4.69) is 9.59 Å². The second-order valence-corrected chi connectivity index (χ2v) is 7.43. The minimum atomic E-state index is 0.0584. The molecule has 2 aliphatic rings. The van der Waals surface area contributed by atoms with Gasteiger partial charge in [-0.3, -0.25) is 4.79 Å². The predicted molar refractivity (Wildman–Crippen MR) is 94.2 cm³/mol. The second kappa shape index (κ2) is 6.63. The minimum Gasteiger partial charge on any atom is -0.497 e. The number of aryl methyl sites for hydroxylation is 1. The van der Waals surface area contributed by atoms with Crippen LogP contribution in [-0.2, 0) is 0 Å². The number of likely N-dealkylation sites (tertiary alicyclic amines) is 1. The van der Waals surface area contributed by atoms with Crippen LogP contribution in [0.2, 0.25) is 0 Å². The summed E-state index contributed by atoms with van der Waals surface area (Å²) in [5, 5.41) is 3.98. The molecule has 0 spiro atoms. The largest absolute Gasteiger partial charge is 0.497 e. The summed E-state index contributed by atoms with van der Waals surface area (Å²) in [6.07, 6.45) is 3.33. The van der Waals surface area contributed by atoms with E-state index in [-0.39, 0.29) is 11.9 Å². The van der Waals surface area contributed by atoms with E-state index in [0.717, 1.165) is 24.3 Å². The SMILES string of the molecule is COc1ccc(OC[C@@H]2C3CCC(C3)N2C(=O)c2snnc2C)cc1. The molecule has 7 heteroatoms. The topological polar surface area (TPSA) is 64.6 Å². The third-order valence-corrected chi connectivity index (χ3v) is 6.12. The van der Waals surface area contributed by atoms with Gasteiger partial charge in [0.05, 0.1) is 18.8 Å². The Kier molecular flexibility index (Phi) is 4.33. The maximum Gasteiger partial charge on any atom is 0.268 e. The number of carbonyl (C=O) groups excluding carboxylic acids is 1.